The van der Waals surface area contributed by atoms with Crippen LogP contribution in [-0.4, -0.2) is 30.0 Å². The number of carbonyl (C=O) groups is 2. The molecule has 1 heterocycles. The van der Waals surface area contributed by atoms with Gasteiger partial charge >= 0.3 is 5.97 Å². The maximum atomic E-state index is 12.7. The number of hydrogen-bond acceptors (Lipinski definition) is 3. The van der Waals surface area contributed by atoms with Gasteiger partial charge in [-0.1, -0.05) is 54.1 Å². The predicted octanol–water partition coefficient (Wildman–Crippen LogP) is 4.49. The minimum Gasteiger partial charge on any atom is -0.467 e. The van der Waals surface area contributed by atoms with Gasteiger partial charge in [0.2, 0.25) is 0 Å². The highest BCUT2D eigenvalue weighted by molar-refractivity contribution is 6.31. The third kappa shape index (κ3) is 4.10. The number of methoxy groups -OCH3 is 1. The Morgan fingerprint density at radius 3 is 2.59 bits per heavy atom. The molecular weight excluding hydrogens is 388 g/mol. The van der Waals surface area contributed by atoms with Crippen molar-refractivity contribution in [3.05, 3.63) is 83.0 Å². The highest BCUT2D eigenvalue weighted by Gasteiger charge is 2.23. The quantitative estimate of drug-likeness (QED) is 0.480. The first kappa shape index (κ1) is 19.0. The summed E-state index contributed by atoms with van der Waals surface area (Å²) in [6, 6.07) is 20.2. The Balaban J connectivity index is 1.56. The lowest BCUT2D eigenvalue weighted by Gasteiger charge is -2.16. The van der Waals surface area contributed by atoms with Gasteiger partial charge in [-0.3, -0.25) is 4.79 Å². The normalized spacial score (nSPS) is 12.1. The van der Waals surface area contributed by atoms with Crippen LogP contribution in [0.1, 0.15) is 16.1 Å². The Morgan fingerprint density at radius 1 is 1.00 bits per heavy atom. The highest BCUT2D eigenvalue weighted by Crippen LogP contribution is 2.21. The Kier molecular flexibility index (Phi) is 5.23. The molecule has 0 aliphatic carbocycles. The summed E-state index contributed by atoms with van der Waals surface area (Å²) in [5.74, 6) is -0.876. The number of esters is 1. The van der Waals surface area contributed by atoms with Crippen LogP contribution in [0, 0.1) is 0 Å². The average molecular weight is 407 g/mol. The second kappa shape index (κ2) is 7.97. The van der Waals surface area contributed by atoms with Crippen molar-refractivity contribution in [2.75, 3.05) is 7.11 Å². The molecule has 0 aliphatic rings. The van der Waals surface area contributed by atoms with Crippen LogP contribution in [-0.2, 0) is 16.0 Å². The second-order valence-corrected chi connectivity index (χ2v) is 7.29. The fourth-order valence-corrected chi connectivity index (χ4v) is 3.58. The summed E-state index contributed by atoms with van der Waals surface area (Å²) in [6.07, 6.45) is 0.329. The summed E-state index contributed by atoms with van der Waals surface area (Å²) in [7, 11) is 1.31. The molecular formula is C23H19ClN2O3. The van der Waals surface area contributed by atoms with Crippen molar-refractivity contribution >= 4 is 45.2 Å². The molecule has 3 aromatic carbocycles. The van der Waals surface area contributed by atoms with Crippen LogP contribution in [0.25, 0.3) is 21.7 Å². The molecule has 146 valence electrons. The van der Waals surface area contributed by atoms with Crippen molar-refractivity contribution < 1.29 is 14.3 Å². The van der Waals surface area contributed by atoms with Crippen LogP contribution < -0.4 is 5.32 Å². The van der Waals surface area contributed by atoms with Crippen molar-refractivity contribution in [2.24, 2.45) is 0 Å². The summed E-state index contributed by atoms with van der Waals surface area (Å²) in [4.78, 5) is 28.1. The second-order valence-electron chi connectivity index (χ2n) is 6.85. The van der Waals surface area contributed by atoms with E-state index in [0.29, 0.717) is 17.1 Å². The van der Waals surface area contributed by atoms with Crippen LogP contribution in [0.4, 0.5) is 0 Å². The molecule has 0 spiro atoms. The molecule has 6 heteroatoms. The molecule has 1 atom stereocenters. The van der Waals surface area contributed by atoms with Gasteiger partial charge in [0.15, 0.2) is 0 Å². The first-order valence-electron chi connectivity index (χ1n) is 9.18. The summed E-state index contributed by atoms with van der Waals surface area (Å²) < 4.78 is 4.90. The lowest BCUT2D eigenvalue weighted by molar-refractivity contribution is -0.142. The number of halogens is 1. The van der Waals surface area contributed by atoms with Crippen molar-refractivity contribution in [2.45, 2.75) is 12.5 Å². The molecule has 0 fully saturated rings. The zero-order valence-electron chi connectivity index (χ0n) is 15.7. The van der Waals surface area contributed by atoms with Gasteiger partial charge in [-0.25, -0.2) is 4.79 Å². The number of benzene rings is 3. The van der Waals surface area contributed by atoms with Gasteiger partial charge in [0, 0.05) is 22.3 Å². The molecule has 0 bridgehead atoms. The maximum absolute atomic E-state index is 12.7. The standard InChI is InChI=1S/C23H19ClN2O3/c1-29-23(28)21(11-14-6-7-15-4-2-3-5-16(15)10-14)26-22(27)20-13-17-12-18(24)8-9-19(17)25-20/h2-10,12-13,21,25H,11H2,1H3,(H,26,27)/t21-/m0/s1. The molecule has 0 aliphatic heterocycles. The van der Waals surface area contributed by atoms with Gasteiger partial charge in [0.05, 0.1) is 7.11 Å². The molecule has 1 amide bonds. The average Bonchev–Trinajstić information content (AvgIpc) is 3.16. The summed E-state index contributed by atoms with van der Waals surface area (Å²) in [5, 5.41) is 6.39. The van der Waals surface area contributed by atoms with E-state index >= 15 is 0 Å². The SMILES string of the molecule is COC(=O)[C@H](Cc1ccc2ccccc2c1)NC(=O)c1cc2cc(Cl)ccc2[nH]1. The van der Waals surface area contributed by atoms with E-state index in [1.165, 1.54) is 7.11 Å². The molecule has 1 aromatic heterocycles. The molecule has 29 heavy (non-hydrogen) atoms. The van der Waals surface area contributed by atoms with Crippen LogP contribution in [0.2, 0.25) is 5.02 Å². The van der Waals surface area contributed by atoms with Crippen molar-refractivity contribution in [3.63, 3.8) is 0 Å². The first-order chi connectivity index (χ1) is 14.0. The Labute approximate surface area is 172 Å². The fourth-order valence-electron chi connectivity index (χ4n) is 3.40. The number of carbonyl (C=O) groups excluding carboxylic acids is 2. The lowest BCUT2D eigenvalue weighted by Crippen LogP contribution is -2.43. The van der Waals surface area contributed by atoms with Gasteiger partial charge < -0.3 is 15.0 Å². The third-order valence-corrected chi connectivity index (χ3v) is 5.11. The number of hydrogen-bond donors (Lipinski definition) is 2. The first-order valence-corrected chi connectivity index (χ1v) is 9.56. The zero-order valence-corrected chi connectivity index (χ0v) is 16.5. The van der Waals surface area contributed by atoms with Gasteiger partial charge in [-0.15, -0.1) is 0 Å². The number of ether oxygens (including phenoxy) is 1. The molecule has 2 N–H and O–H groups in total. The number of rotatable bonds is 5. The van der Waals surface area contributed by atoms with E-state index < -0.39 is 12.0 Å². The number of aromatic nitrogens is 1. The molecule has 0 unspecified atom stereocenters. The van der Waals surface area contributed by atoms with Crippen LogP contribution in [0.15, 0.2) is 66.7 Å². The predicted molar refractivity (Wildman–Crippen MR) is 114 cm³/mol. The topological polar surface area (TPSA) is 71.2 Å². The minimum atomic E-state index is -0.802. The fraction of sp³-hybridized carbons (Fsp3) is 0.130. The lowest BCUT2D eigenvalue weighted by atomic mass is 10.0. The molecule has 4 aromatic rings. The molecule has 0 saturated heterocycles. The molecule has 4 rings (SSSR count). The smallest absolute Gasteiger partial charge is 0.328 e. The van der Waals surface area contributed by atoms with Crippen molar-refractivity contribution in [1.29, 1.82) is 0 Å². The van der Waals surface area contributed by atoms with E-state index in [1.54, 1.807) is 24.3 Å². The van der Waals surface area contributed by atoms with E-state index in [2.05, 4.69) is 10.3 Å². The Bertz CT molecular complexity index is 1220. The van der Waals surface area contributed by atoms with Crippen LogP contribution in [0.3, 0.4) is 0 Å². The van der Waals surface area contributed by atoms with E-state index in [-0.39, 0.29) is 5.91 Å². The molecule has 0 radical (unpaired) electrons. The zero-order chi connectivity index (χ0) is 20.4. The maximum Gasteiger partial charge on any atom is 0.328 e. The van der Waals surface area contributed by atoms with E-state index in [9.17, 15) is 9.59 Å². The highest BCUT2D eigenvalue weighted by atomic mass is 35.5. The number of H-pyrrole nitrogens is 1. The minimum absolute atomic E-state index is 0.329. The largest absolute Gasteiger partial charge is 0.467 e. The summed E-state index contributed by atoms with van der Waals surface area (Å²) in [5.41, 5.74) is 2.08. The van der Waals surface area contributed by atoms with E-state index in [4.69, 9.17) is 16.3 Å². The number of nitrogens with one attached hydrogen (secondary N) is 2. The van der Waals surface area contributed by atoms with E-state index in [0.717, 1.165) is 27.2 Å². The Hall–Kier alpha value is -3.31. The number of fused-ring (bicyclic) bond motifs is 2. The van der Waals surface area contributed by atoms with Crippen molar-refractivity contribution in [1.82, 2.24) is 10.3 Å². The summed E-state index contributed by atoms with van der Waals surface area (Å²) >= 11 is 6.01. The Morgan fingerprint density at radius 2 is 1.79 bits per heavy atom. The number of amides is 1. The molecule has 0 saturated carbocycles. The van der Waals surface area contributed by atoms with Crippen LogP contribution >= 0.6 is 11.6 Å². The van der Waals surface area contributed by atoms with Gasteiger partial charge in [-0.05, 0) is 40.6 Å². The number of aromatic amines is 1. The third-order valence-electron chi connectivity index (χ3n) is 4.87. The van der Waals surface area contributed by atoms with Crippen molar-refractivity contribution in [3.8, 4) is 0 Å². The summed E-state index contributed by atoms with van der Waals surface area (Å²) in [6.45, 7) is 0. The monoisotopic (exact) mass is 406 g/mol. The van der Waals surface area contributed by atoms with Gasteiger partial charge in [0.1, 0.15) is 11.7 Å². The van der Waals surface area contributed by atoms with E-state index in [1.807, 2.05) is 42.5 Å². The van der Waals surface area contributed by atoms with Gasteiger partial charge in [-0.2, -0.15) is 0 Å². The van der Waals surface area contributed by atoms with Crippen LogP contribution in [0.5, 0.6) is 0 Å². The molecule has 5 nitrogen and oxygen atoms in total. The van der Waals surface area contributed by atoms with Gasteiger partial charge in [0.25, 0.3) is 5.91 Å².